The van der Waals surface area contributed by atoms with E-state index in [1.54, 1.807) is 18.5 Å². The van der Waals surface area contributed by atoms with Crippen LogP contribution >= 0.6 is 0 Å². The van der Waals surface area contributed by atoms with Gasteiger partial charge in [0.05, 0.1) is 16.6 Å². The monoisotopic (exact) mass is 359 g/mol. The molecule has 1 aromatic heterocycles. The number of nitrogens with zero attached hydrogens (tertiary/aromatic N) is 2. The molecule has 0 bridgehead atoms. The number of rotatable bonds is 3. The number of sulfonamides is 1. The lowest BCUT2D eigenvalue weighted by Crippen LogP contribution is -2.31. The number of pyridine rings is 1. The average Bonchev–Trinajstić information content (AvgIpc) is 3.12. The molecule has 2 aliphatic rings. The number of carbonyl (C=O) groups is 1. The van der Waals surface area contributed by atoms with E-state index in [-0.39, 0.29) is 23.5 Å². The van der Waals surface area contributed by atoms with Crippen LogP contribution in [-0.2, 0) is 14.8 Å². The number of hydrogen-bond acceptors (Lipinski definition) is 5. The van der Waals surface area contributed by atoms with Crippen LogP contribution in [0.5, 0.6) is 5.75 Å². The number of fused-ring (bicyclic) bond motifs is 1. The molecule has 25 heavy (non-hydrogen) atoms. The minimum absolute atomic E-state index is 0.0602. The standard InChI is InChI=1S/C17H17N3O4S/c21-17-11-24-16-4-3-13(10-14(16)19-17)25(22,23)20-9-1-2-15(20)12-5-7-18-8-6-12/h3-8,10,15H,1-2,9,11H2,(H,19,21)/t15-/m0/s1. The quantitative estimate of drug-likeness (QED) is 0.905. The van der Waals surface area contributed by atoms with Crippen molar-refractivity contribution >= 4 is 21.6 Å². The second-order valence-electron chi connectivity index (χ2n) is 6.05. The van der Waals surface area contributed by atoms with Crippen molar-refractivity contribution in [2.45, 2.75) is 23.8 Å². The van der Waals surface area contributed by atoms with E-state index in [2.05, 4.69) is 10.3 Å². The van der Waals surface area contributed by atoms with E-state index in [0.717, 1.165) is 18.4 Å². The normalized spacial score (nSPS) is 20.6. The second-order valence-corrected chi connectivity index (χ2v) is 7.94. The van der Waals surface area contributed by atoms with Crippen LogP contribution in [0.2, 0.25) is 0 Å². The fraction of sp³-hybridized carbons (Fsp3) is 0.294. The Kier molecular flexibility index (Phi) is 3.93. The molecular weight excluding hydrogens is 342 g/mol. The molecule has 4 rings (SSSR count). The van der Waals surface area contributed by atoms with Gasteiger partial charge in [-0.1, -0.05) is 0 Å². The lowest BCUT2D eigenvalue weighted by molar-refractivity contribution is -0.118. The third-order valence-corrected chi connectivity index (χ3v) is 6.39. The van der Waals surface area contributed by atoms with Gasteiger partial charge in [0.25, 0.3) is 5.91 Å². The van der Waals surface area contributed by atoms with Gasteiger partial charge >= 0.3 is 0 Å². The summed E-state index contributed by atoms with van der Waals surface area (Å²) in [6.07, 6.45) is 4.92. The van der Waals surface area contributed by atoms with Crippen LogP contribution in [0.3, 0.4) is 0 Å². The SMILES string of the molecule is O=C1COc2ccc(S(=O)(=O)N3CCC[C@H]3c3ccncc3)cc2N1. The first-order chi connectivity index (χ1) is 12.1. The smallest absolute Gasteiger partial charge is 0.262 e. The molecule has 0 aliphatic carbocycles. The van der Waals surface area contributed by atoms with E-state index < -0.39 is 10.0 Å². The summed E-state index contributed by atoms with van der Waals surface area (Å²) in [6.45, 7) is 0.407. The molecule has 2 aliphatic heterocycles. The molecule has 0 spiro atoms. The Morgan fingerprint density at radius 3 is 2.80 bits per heavy atom. The largest absolute Gasteiger partial charge is 0.482 e. The third kappa shape index (κ3) is 2.87. The summed E-state index contributed by atoms with van der Waals surface area (Å²) >= 11 is 0. The first kappa shape index (κ1) is 16.0. The van der Waals surface area contributed by atoms with Crippen molar-refractivity contribution < 1.29 is 17.9 Å². The van der Waals surface area contributed by atoms with Crippen LogP contribution in [0.25, 0.3) is 0 Å². The first-order valence-corrected chi connectivity index (χ1v) is 9.48. The molecule has 2 aromatic rings. The molecule has 1 saturated heterocycles. The summed E-state index contributed by atoms with van der Waals surface area (Å²) in [5.74, 6) is 0.184. The minimum Gasteiger partial charge on any atom is -0.482 e. The van der Waals surface area contributed by atoms with Crippen molar-refractivity contribution in [2.75, 3.05) is 18.5 Å². The predicted molar refractivity (Wildman–Crippen MR) is 90.7 cm³/mol. The fourth-order valence-corrected chi connectivity index (χ4v) is 5.01. The van der Waals surface area contributed by atoms with E-state index in [4.69, 9.17) is 4.74 Å². The number of ether oxygens (including phenoxy) is 1. The molecule has 0 unspecified atom stereocenters. The molecule has 130 valence electrons. The number of carbonyl (C=O) groups excluding carboxylic acids is 1. The molecule has 1 fully saturated rings. The van der Waals surface area contributed by atoms with Gasteiger partial charge in [0.15, 0.2) is 6.61 Å². The zero-order valence-corrected chi connectivity index (χ0v) is 14.2. The van der Waals surface area contributed by atoms with Crippen LogP contribution in [0, 0.1) is 0 Å². The van der Waals surface area contributed by atoms with E-state index >= 15 is 0 Å². The molecule has 1 N–H and O–H groups in total. The highest BCUT2D eigenvalue weighted by molar-refractivity contribution is 7.89. The van der Waals surface area contributed by atoms with Crippen LogP contribution in [0.4, 0.5) is 5.69 Å². The molecular formula is C17H17N3O4S. The molecule has 0 radical (unpaired) electrons. The number of hydrogen-bond donors (Lipinski definition) is 1. The molecule has 1 atom stereocenters. The van der Waals surface area contributed by atoms with Gasteiger partial charge in [-0.15, -0.1) is 0 Å². The maximum absolute atomic E-state index is 13.1. The zero-order valence-electron chi connectivity index (χ0n) is 13.4. The Labute approximate surface area is 145 Å². The molecule has 0 saturated carbocycles. The van der Waals surface area contributed by atoms with Crippen molar-refractivity contribution in [2.24, 2.45) is 0 Å². The highest BCUT2D eigenvalue weighted by atomic mass is 32.2. The third-order valence-electron chi connectivity index (χ3n) is 4.49. The van der Waals surface area contributed by atoms with Crippen LogP contribution in [0.1, 0.15) is 24.4 Å². The summed E-state index contributed by atoms with van der Waals surface area (Å²) in [5.41, 5.74) is 1.32. The van der Waals surface area contributed by atoms with Gasteiger partial charge in [-0.25, -0.2) is 8.42 Å². The lowest BCUT2D eigenvalue weighted by atomic mass is 10.1. The van der Waals surface area contributed by atoms with Crippen molar-refractivity contribution in [1.82, 2.24) is 9.29 Å². The Balaban J connectivity index is 1.69. The lowest BCUT2D eigenvalue weighted by Gasteiger charge is -2.25. The summed E-state index contributed by atoms with van der Waals surface area (Å²) in [5, 5.41) is 2.65. The minimum atomic E-state index is -3.68. The van der Waals surface area contributed by atoms with Gasteiger partial charge in [-0.05, 0) is 48.7 Å². The van der Waals surface area contributed by atoms with Gasteiger partial charge in [0, 0.05) is 18.9 Å². The Hall–Kier alpha value is -2.45. The topological polar surface area (TPSA) is 88.6 Å². The number of anilines is 1. The van der Waals surface area contributed by atoms with E-state index in [1.165, 1.54) is 16.4 Å². The van der Waals surface area contributed by atoms with Gasteiger partial charge < -0.3 is 10.1 Å². The van der Waals surface area contributed by atoms with Gasteiger partial charge in [0.2, 0.25) is 10.0 Å². The summed E-state index contributed by atoms with van der Waals surface area (Å²) in [4.78, 5) is 15.6. The molecule has 1 amide bonds. The molecule has 7 nitrogen and oxygen atoms in total. The number of amides is 1. The van der Waals surface area contributed by atoms with Crippen LogP contribution in [-0.4, -0.2) is 36.8 Å². The average molecular weight is 359 g/mol. The predicted octanol–water partition coefficient (Wildman–Crippen LogP) is 1.94. The van der Waals surface area contributed by atoms with Crippen LogP contribution < -0.4 is 10.1 Å². The number of nitrogens with one attached hydrogen (secondary N) is 1. The fourth-order valence-electron chi connectivity index (χ4n) is 3.30. The summed E-state index contributed by atoms with van der Waals surface area (Å²) < 4.78 is 33.1. The van der Waals surface area contributed by atoms with E-state index in [0.29, 0.717) is 18.0 Å². The molecule has 8 heteroatoms. The zero-order chi connectivity index (χ0) is 17.4. The van der Waals surface area contributed by atoms with Gasteiger partial charge in [-0.3, -0.25) is 9.78 Å². The Morgan fingerprint density at radius 1 is 1.20 bits per heavy atom. The van der Waals surface area contributed by atoms with Crippen molar-refractivity contribution in [3.05, 3.63) is 48.3 Å². The summed E-state index contributed by atoms with van der Waals surface area (Å²) in [7, 11) is -3.68. The maximum atomic E-state index is 13.1. The van der Waals surface area contributed by atoms with E-state index in [9.17, 15) is 13.2 Å². The molecule has 1 aromatic carbocycles. The van der Waals surface area contributed by atoms with Gasteiger partial charge in [-0.2, -0.15) is 4.31 Å². The maximum Gasteiger partial charge on any atom is 0.262 e. The van der Waals surface area contributed by atoms with Crippen molar-refractivity contribution in [1.29, 1.82) is 0 Å². The van der Waals surface area contributed by atoms with Crippen molar-refractivity contribution in [3.8, 4) is 5.75 Å². The highest BCUT2D eigenvalue weighted by Gasteiger charge is 2.36. The van der Waals surface area contributed by atoms with Crippen LogP contribution in [0.15, 0.2) is 47.6 Å². The number of benzene rings is 1. The van der Waals surface area contributed by atoms with E-state index in [1.807, 2.05) is 12.1 Å². The molecule has 3 heterocycles. The second kappa shape index (κ2) is 6.12. The summed E-state index contributed by atoms with van der Waals surface area (Å²) in [6, 6.07) is 8.06. The van der Waals surface area contributed by atoms with Gasteiger partial charge in [0.1, 0.15) is 5.75 Å². The first-order valence-electron chi connectivity index (χ1n) is 8.04. The Morgan fingerprint density at radius 2 is 2.00 bits per heavy atom. The highest BCUT2D eigenvalue weighted by Crippen LogP contribution is 2.38. The Bertz CT molecular complexity index is 915. The number of aromatic nitrogens is 1. The van der Waals surface area contributed by atoms with Crippen molar-refractivity contribution in [3.63, 3.8) is 0 Å².